The molecule has 1 aliphatic heterocycles. The Kier molecular flexibility index (Phi) is 9.14. The lowest BCUT2D eigenvalue weighted by Gasteiger charge is -2.31. The van der Waals surface area contributed by atoms with Gasteiger partial charge in [-0.15, -0.1) is 0 Å². The van der Waals surface area contributed by atoms with Crippen molar-refractivity contribution >= 4 is 23.5 Å². The van der Waals surface area contributed by atoms with Gasteiger partial charge in [0.1, 0.15) is 11.9 Å². The number of halogens is 2. The first-order chi connectivity index (χ1) is 16.9. The fraction of sp³-hybridized carbons (Fsp3) is 0.500. The number of hydrogen-bond donors (Lipinski definition) is 3. The maximum Gasteiger partial charge on any atom is 0.321 e. The summed E-state index contributed by atoms with van der Waals surface area (Å²) in [6.45, 7) is 11.7. The molecule has 3 N–H and O–H groups in total. The highest BCUT2D eigenvalue weighted by atomic mass is 35.5. The second kappa shape index (κ2) is 11.7. The minimum absolute atomic E-state index is 0.165. The van der Waals surface area contributed by atoms with Crippen LogP contribution in [0.4, 0.5) is 4.39 Å². The fourth-order valence-corrected chi connectivity index (χ4v) is 4.98. The van der Waals surface area contributed by atoms with Crippen LogP contribution in [0, 0.1) is 18.7 Å². The van der Waals surface area contributed by atoms with Gasteiger partial charge in [-0.1, -0.05) is 54.4 Å². The van der Waals surface area contributed by atoms with Gasteiger partial charge in [0.25, 0.3) is 0 Å². The van der Waals surface area contributed by atoms with E-state index in [4.69, 9.17) is 11.6 Å². The first kappa shape index (κ1) is 28.1. The van der Waals surface area contributed by atoms with Crippen LogP contribution in [0.15, 0.2) is 42.5 Å². The standard InChI is InChI=1S/C28H37ClFN3O3/c1-17-6-8-19(9-7-17)18(2)25(27(35)36)31-12-13-32-26(34)23-16-33(28(3,4)5)15-22(23)21-11-10-20(29)14-24(21)30/h6-11,14,18,22-23,25,31H,12-13,15-16H2,1-5H3,(H,32,34)(H,35,36)/t18-,22-,23+,25-/m0/s1. The minimum atomic E-state index is -0.940. The monoisotopic (exact) mass is 517 g/mol. The first-order valence-electron chi connectivity index (χ1n) is 12.4. The molecule has 36 heavy (non-hydrogen) atoms. The second-order valence-electron chi connectivity index (χ2n) is 10.7. The van der Waals surface area contributed by atoms with E-state index in [0.29, 0.717) is 30.2 Å². The Balaban J connectivity index is 1.64. The summed E-state index contributed by atoms with van der Waals surface area (Å²) >= 11 is 5.95. The van der Waals surface area contributed by atoms with Crippen molar-refractivity contribution in [3.63, 3.8) is 0 Å². The minimum Gasteiger partial charge on any atom is -0.480 e. The molecule has 2 aromatic carbocycles. The number of hydrogen-bond acceptors (Lipinski definition) is 4. The summed E-state index contributed by atoms with van der Waals surface area (Å²) in [4.78, 5) is 27.3. The van der Waals surface area contributed by atoms with Crippen LogP contribution in [-0.4, -0.2) is 59.6 Å². The number of carboxylic acids is 1. The van der Waals surface area contributed by atoms with E-state index in [1.807, 2.05) is 38.1 Å². The maximum atomic E-state index is 14.8. The van der Waals surface area contributed by atoms with Crippen molar-refractivity contribution in [1.82, 2.24) is 15.5 Å². The van der Waals surface area contributed by atoms with Crippen LogP contribution < -0.4 is 10.6 Å². The quantitative estimate of drug-likeness (QED) is 0.425. The van der Waals surface area contributed by atoms with Crippen molar-refractivity contribution in [2.45, 2.75) is 58.0 Å². The van der Waals surface area contributed by atoms with E-state index in [-0.39, 0.29) is 29.8 Å². The highest BCUT2D eigenvalue weighted by Crippen LogP contribution is 2.38. The van der Waals surface area contributed by atoms with Gasteiger partial charge in [-0.3, -0.25) is 14.5 Å². The lowest BCUT2D eigenvalue weighted by Crippen LogP contribution is -2.45. The number of aliphatic carboxylic acids is 1. The van der Waals surface area contributed by atoms with Gasteiger partial charge in [-0.05, 0) is 51.0 Å². The van der Waals surface area contributed by atoms with Crippen molar-refractivity contribution in [2.24, 2.45) is 5.92 Å². The molecule has 0 bridgehead atoms. The Labute approximate surface area is 218 Å². The Morgan fingerprint density at radius 3 is 2.39 bits per heavy atom. The summed E-state index contributed by atoms with van der Waals surface area (Å²) in [6.07, 6.45) is 0. The highest BCUT2D eigenvalue weighted by molar-refractivity contribution is 6.30. The summed E-state index contributed by atoms with van der Waals surface area (Å²) in [7, 11) is 0. The average molecular weight is 518 g/mol. The topological polar surface area (TPSA) is 81.7 Å². The van der Waals surface area contributed by atoms with Crippen molar-refractivity contribution in [3.05, 3.63) is 70.0 Å². The normalized spacial score (nSPS) is 20.2. The number of rotatable bonds is 9. The molecule has 0 radical (unpaired) electrons. The van der Waals surface area contributed by atoms with Crippen LogP contribution >= 0.6 is 11.6 Å². The smallest absolute Gasteiger partial charge is 0.321 e. The Morgan fingerprint density at radius 2 is 1.81 bits per heavy atom. The lowest BCUT2D eigenvalue weighted by molar-refractivity contribution is -0.140. The fourth-order valence-electron chi connectivity index (χ4n) is 4.82. The van der Waals surface area contributed by atoms with Crippen LogP contribution in [0.3, 0.4) is 0 Å². The number of carbonyl (C=O) groups excluding carboxylic acids is 1. The molecule has 0 saturated carbocycles. The van der Waals surface area contributed by atoms with Gasteiger partial charge in [0.2, 0.25) is 5.91 Å². The molecular weight excluding hydrogens is 481 g/mol. The lowest BCUT2D eigenvalue weighted by atomic mass is 9.88. The summed E-state index contributed by atoms with van der Waals surface area (Å²) in [5.74, 6) is -2.49. The van der Waals surface area contributed by atoms with E-state index in [0.717, 1.165) is 11.1 Å². The van der Waals surface area contributed by atoms with Gasteiger partial charge in [-0.2, -0.15) is 0 Å². The molecule has 1 amide bonds. The van der Waals surface area contributed by atoms with Crippen LogP contribution in [-0.2, 0) is 9.59 Å². The molecule has 0 unspecified atom stereocenters. The summed E-state index contributed by atoms with van der Waals surface area (Å²) in [5.41, 5.74) is 2.37. The predicted octanol–water partition coefficient (Wildman–Crippen LogP) is 4.56. The van der Waals surface area contributed by atoms with Crippen molar-refractivity contribution < 1.29 is 19.1 Å². The molecule has 0 spiro atoms. The Morgan fingerprint density at radius 1 is 1.14 bits per heavy atom. The summed E-state index contributed by atoms with van der Waals surface area (Å²) in [6, 6.07) is 11.6. The van der Waals surface area contributed by atoms with Crippen LogP contribution in [0.2, 0.25) is 5.02 Å². The number of likely N-dealkylation sites (tertiary alicyclic amines) is 1. The first-order valence-corrected chi connectivity index (χ1v) is 12.8. The Bertz CT molecular complexity index is 1070. The van der Waals surface area contributed by atoms with Gasteiger partial charge in [0.05, 0.1) is 5.92 Å². The molecule has 1 heterocycles. The van der Waals surface area contributed by atoms with Gasteiger partial charge in [-0.25, -0.2) is 4.39 Å². The van der Waals surface area contributed by atoms with E-state index in [9.17, 15) is 19.1 Å². The molecule has 0 aromatic heterocycles. The molecule has 6 nitrogen and oxygen atoms in total. The zero-order valence-corrected chi connectivity index (χ0v) is 22.4. The molecule has 8 heteroatoms. The molecule has 1 aliphatic rings. The molecule has 1 saturated heterocycles. The molecule has 3 rings (SSSR count). The number of nitrogens with one attached hydrogen (secondary N) is 2. The molecular formula is C28H37ClFN3O3. The number of aryl methyl sites for hydroxylation is 1. The third-order valence-corrected chi connectivity index (χ3v) is 7.36. The number of benzene rings is 2. The van der Waals surface area contributed by atoms with Gasteiger partial charge < -0.3 is 15.7 Å². The van der Waals surface area contributed by atoms with E-state index >= 15 is 0 Å². The van der Waals surface area contributed by atoms with Crippen molar-refractivity contribution in [2.75, 3.05) is 26.2 Å². The van der Waals surface area contributed by atoms with E-state index in [1.165, 1.54) is 6.07 Å². The number of carboxylic acid groups (broad SMARTS) is 1. The molecule has 1 fully saturated rings. The largest absolute Gasteiger partial charge is 0.480 e. The summed E-state index contributed by atoms with van der Waals surface area (Å²) < 4.78 is 14.8. The van der Waals surface area contributed by atoms with Crippen LogP contribution in [0.1, 0.15) is 56.2 Å². The molecule has 4 atom stereocenters. The molecule has 0 aliphatic carbocycles. The van der Waals surface area contributed by atoms with Gasteiger partial charge >= 0.3 is 5.97 Å². The van der Waals surface area contributed by atoms with Crippen molar-refractivity contribution in [3.8, 4) is 0 Å². The van der Waals surface area contributed by atoms with E-state index in [2.05, 4.69) is 36.3 Å². The van der Waals surface area contributed by atoms with Gasteiger partial charge in [0.15, 0.2) is 0 Å². The summed E-state index contributed by atoms with van der Waals surface area (Å²) in [5, 5.41) is 16.1. The molecule has 196 valence electrons. The third-order valence-electron chi connectivity index (χ3n) is 7.12. The van der Waals surface area contributed by atoms with Gasteiger partial charge in [0, 0.05) is 48.6 Å². The van der Waals surface area contributed by atoms with Crippen LogP contribution in [0.5, 0.6) is 0 Å². The zero-order valence-electron chi connectivity index (χ0n) is 21.6. The number of amides is 1. The second-order valence-corrected chi connectivity index (χ2v) is 11.2. The zero-order chi connectivity index (χ0) is 26.6. The van der Waals surface area contributed by atoms with Crippen molar-refractivity contribution in [1.29, 1.82) is 0 Å². The Hall–Kier alpha value is -2.48. The number of carbonyl (C=O) groups is 2. The van der Waals surface area contributed by atoms with E-state index < -0.39 is 23.7 Å². The highest BCUT2D eigenvalue weighted by Gasteiger charge is 2.42. The average Bonchev–Trinajstić information content (AvgIpc) is 3.24. The predicted molar refractivity (Wildman–Crippen MR) is 141 cm³/mol. The molecule has 2 aromatic rings. The number of nitrogens with zero attached hydrogens (tertiary/aromatic N) is 1. The van der Waals surface area contributed by atoms with Crippen LogP contribution in [0.25, 0.3) is 0 Å². The third kappa shape index (κ3) is 6.84. The SMILES string of the molecule is Cc1ccc([C@H](C)[C@H](NCCNC(=O)[C@@H]2CN(C(C)(C)C)C[C@H]2c2ccc(Cl)cc2F)C(=O)O)cc1. The maximum absolute atomic E-state index is 14.8. The van der Waals surface area contributed by atoms with E-state index in [1.54, 1.807) is 12.1 Å².